The highest BCUT2D eigenvalue weighted by Crippen LogP contribution is 2.60. The van der Waals surface area contributed by atoms with Crippen molar-refractivity contribution in [3.8, 4) is 0 Å². The number of hydrogen-bond acceptors (Lipinski definition) is 7. The van der Waals surface area contributed by atoms with Crippen molar-refractivity contribution in [3.05, 3.63) is 0 Å². The van der Waals surface area contributed by atoms with Crippen LogP contribution in [0.1, 0.15) is 66.2 Å². The quantitative estimate of drug-likeness (QED) is 0.546. The van der Waals surface area contributed by atoms with Gasteiger partial charge in [0.25, 0.3) is 0 Å². The largest absolute Gasteiger partial charge is 0.435 e. The summed E-state index contributed by atoms with van der Waals surface area (Å²) >= 11 is 0. The van der Waals surface area contributed by atoms with Gasteiger partial charge in [-0.3, -0.25) is 4.79 Å². The average Bonchev–Trinajstić information content (AvgIpc) is 2.84. The third-order valence-electron chi connectivity index (χ3n) is 7.03. The first-order valence-corrected chi connectivity index (χ1v) is 10.1. The number of ketones is 1. The van der Waals surface area contributed by atoms with Crippen molar-refractivity contribution in [2.24, 2.45) is 23.7 Å². The van der Waals surface area contributed by atoms with Gasteiger partial charge in [-0.1, -0.05) is 13.8 Å². The number of Topliss-reactive ketones (excluding diaryl/α,β-unsaturated/α-hetero) is 1. The van der Waals surface area contributed by atoms with E-state index < -0.39 is 29.9 Å². The third-order valence-corrected chi connectivity index (χ3v) is 7.03. The average molecular weight is 382 g/mol. The summed E-state index contributed by atoms with van der Waals surface area (Å²) in [5.41, 5.74) is -0.657. The van der Waals surface area contributed by atoms with Crippen molar-refractivity contribution in [3.63, 3.8) is 0 Å². The molecule has 27 heavy (non-hydrogen) atoms. The third kappa shape index (κ3) is 3.12. The summed E-state index contributed by atoms with van der Waals surface area (Å²) in [5.74, 6) is -0.458. The molecule has 5 aliphatic rings. The zero-order valence-corrected chi connectivity index (χ0v) is 16.6. The van der Waals surface area contributed by atoms with E-state index in [4.69, 9.17) is 24.0 Å². The molecule has 0 unspecified atom stereocenters. The first kappa shape index (κ1) is 19.3. The molecule has 0 N–H and O–H groups in total. The second-order valence-corrected chi connectivity index (χ2v) is 8.97. The molecular weight excluding hydrogens is 352 g/mol. The van der Waals surface area contributed by atoms with E-state index in [2.05, 4.69) is 6.92 Å². The highest BCUT2D eigenvalue weighted by molar-refractivity contribution is 5.81. The molecule has 1 aliphatic carbocycles. The highest BCUT2D eigenvalue weighted by Gasteiger charge is 2.69. The maximum absolute atomic E-state index is 12.2. The van der Waals surface area contributed by atoms with Crippen molar-refractivity contribution in [2.45, 2.75) is 90.2 Å². The van der Waals surface area contributed by atoms with E-state index in [9.17, 15) is 9.59 Å². The Morgan fingerprint density at radius 3 is 2.59 bits per heavy atom. The number of rotatable bonds is 4. The van der Waals surface area contributed by atoms with Crippen LogP contribution in [0.25, 0.3) is 0 Å². The summed E-state index contributed by atoms with van der Waals surface area (Å²) in [5, 5.41) is 0. The zero-order chi connectivity index (χ0) is 19.4. The minimum absolute atomic E-state index is 0.0319. The summed E-state index contributed by atoms with van der Waals surface area (Å²) in [6.45, 7) is 7.63. The molecule has 7 heteroatoms. The van der Waals surface area contributed by atoms with Crippen LogP contribution in [-0.2, 0) is 33.6 Å². The lowest BCUT2D eigenvalue weighted by Crippen LogP contribution is -2.70. The first-order chi connectivity index (χ1) is 12.7. The smallest absolute Gasteiger partial charge is 0.308 e. The second-order valence-electron chi connectivity index (χ2n) is 8.97. The Labute approximate surface area is 159 Å². The Balaban J connectivity index is 1.58. The SMILES string of the molecule is CC(=O)CCC(=O)O[C@@H]1O[C@@H]2O[C@@]3(C)CC[C@H]4[C@H](C)CC[C@@H]([C@H]1C)[C@@]24OO3. The zero-order valence-electron chi connectivity index (χ0n) is 16.6. The minimum Gasteiger partial charge on any atom is -0.435 e. The fraction of sp³-hybridized carbons (Fsp3) is 0.900. The summed E-state index contributed by atoms with van der Waals surface area (Å²) in [6, 6.07) is 0. The lowest BCUT2D eigenvalue weighted by atomic mass is 9.58. The van der Waals surface area contributed by atoms with Crippen LogP contribution in [0.4, 0.5) is 0 Å². The second kappa shape index (κ2) is 6.79. The first-order valence-electron chi connectivity index (χ1n) is 10.1. The van der Waals surface area contributed by atoms with Crippen LogP contribution in [0.3, 0.4) is 0 Å². The Morgan fingerprint density at radius 2 is 1.85 bits per heavy atom. The van der Waals surface area contributed by atoms with E-state index in [1.807, 2.05) is 13.8 Å². The van der Waals surface area contributed by atoms with Crippen LogP contribution >= 0.6 is 0 Å². The van der Waals surface area contributed by atoms with Crippen molar-refractivity contribution in [1.29, 1.82) is 0 Å². The number of ether oxygens (including phenoxy) is 3. The van der Waals surface area contributed by atoms with Gasteiger partial charge in [-0.05, 0) is 44.9 Å². The predicted octanol–water partition coefficient (Wildman–Crippen LogP) is 3.11. The topological polar surface area (TPSA) is 80.3 Å². The fourth-order valence-electron chi connectivity index (χ4n) is 5.47. The number of esters is 1. The van der Waals surface area contributed by atoms with Gasteiger partial charge in [0.2, 0.25) is 12.1 Å². The standard InChI is InChI=1S/C20H30O7/c1-11-5-7-15-13(3)17(23-16(22)8-6-12(2)21)24-18-20(15)14(11)9-10-19(4,25-18)26-27-20/h11,13-15,17-18H,5-10H2,1-4H3/t11-,13-,14+,15+,17-,18-,19-,20-/m1/s1. The molecule has 4 saturated heterocycles. The number of fused-ring (bicyclic) bond motifs is 2. The Kier molecular flexibility index (Phi) is 4.86. The summed E-state index contributed by atoms with van der Waals surface area (Å²) < 4.78 is 18.0. The van der Waals surface area contributed by atoms with Gasteiger partial charge in [0.05, 0.1) is 6.42 Å². The number of hydrogen-bond donors (Lipinski definition) is 0. The summed E-state index contributed by atoms with van der Waals surface area (Å²) in [6.07, 6.45) is 2.67. The Hall–Kier alpha value is -1.02. The molecule has 4 aliphatic heterocycles. The summed E-state index contributed by atoms with van der Waals surface area (Å²) in [7, 11) is 0. The van der Waals surface area contributed by atoms with Gasteiger partial charge in [-0.2, -0.15) is 0 Å². The number of carbonyl (C=O) groups excluding carboxylic acids is 2. The fourth-order valence-corrected chi connectivity index (χ4v) is 5.47. The molecule has 0 aromatic carbocycles. The van der Waals surface area contributed by atoms with Crippen molar-refractivity contribution in [1.82, 2.24) is 0 Å². The van der Waals surface area contributed by atoms with Gasteiger partial charge in [0.15, 0.2) is 11.9 Å². The van der Waals surface area contributed by atoms with Crippen molar-refractivity contribution >= 4 is 11.8 Å². The van der Waals surface area contributed by atoms with E-state index in [1.165, 1.54) is 6.92 Å². The maximum Gasteiger partial charge on any atom is 0.308 e. The van der Waals surface area contributed by atoms with Gasteiger partial charge in [0.1, 0.15) is 5.78 Å². The molecule has 7 nitrogen and oxygen atoms in total. The molecule has 4 heterocycles. The van der Waals surface area contributed by atoms with Gasteiger partial charge in [-0.25, -0.2) is 9.78 Å². The highest BCUT2D eigenvalue weighted by atomic mass is 17.3. The Bertz CT molecular complexity index is 621. The van der Waals surface area contributed by atoms with E-state index in [0.29, 0.717) is 5.92 Å². The number of carbonyl (C=O) groups is 2. The van der Waals surface area contributed by atoms with Crippen molar-refractivity contribution in [2.75, 3.05) is 0 Å². The van der Waals surface area contributed by atoms with Crippen molar-refractivity contribution < 1.29 is 33.6 Å². The molecule has 0 aromatic heterocycles. The van der Waals surface area contributed by atoms with Crippen LogP contribution in [0, 0.1) is 23.7 Å². The van der Waals surface area contributed by atoms with Gasteiger partial charge < -0.3 is 19.0 Å². The minimum atomic E-state index is -0.846. The Morgan fingerprint density at radius 1 is 1.07 bits per heavy atom. The van der Waals surface area contributed by atoms with Gasteiger partial charge >= 0.3 is 5.97 Å². The molecule has 5 rings (SSSR count). The van der Waals surface area contributed by atoms with Crippen LogP contribution < -0.4 is 0 Å². The molecule has 8 atom stereocenters. The molecule has 1 saturated carbocycles. The van der Waals surface area contributed by atoms with Crippen LogP contribution in [0.2, 0.25) is 0 Å². The van der Waals surface area contributed by atoms with Gasteiger partial charge in [0, 0.05) is 24.7 Å². The molecule has 0 amide bonds. The van der Waals surface area contributed by atoms with E-state index in [1.54, 1.807) is 0 Å². The molecule has 152 valence electrons. The van der Waals surface area contributed by atoms with Gasteiger partial charge in [-0.15, -0.1) is 0 Å². The van der Waals surface area contributed by atoms with Crippen LogP contribution in [0.15, 0.2) is 0 Å². The monoisotopic (exact) mass is 382 g/mol. The lowest BCUT2D eigenvalue weighted by Gasteiger charge is -2.59. The normalized spacial score (nSPS) is 48.4. The lowest BCUT2D eigenvalue weighted by molar-refractivity contribution is -0.576. The molecule has 0 aromatic rings. The molecular formula is C20H30O7. The van der Waals surface area contributed by atoms with E-state index in [0.717, 1.165) is 25.7 Å². The maximum atomic E-state index is 12.2. The summed E-state index contributed by atoms with van der Waals surface area (Å²) in [4.78, 5) is 35.1. The van der Waals surface area contributed by atoms with Crippen LogP contribution in [-0.4, -0.2) is 35.7 Å². The molecule has 2 bridgehead atoms. The predicted molar refractivity (Wildman–Crippen MR) is 92.8 cm³/mol. The van der Waals surface area contributed by atoms with E-state index >= 15 is 0 Å². The van der Waals surface area contributed by atoms with Crippen LogP contribution in [0.5, 0.6) is 0 Å². The van der Waals surface area contributed by atoms with E-state index in [-0.39, 0.29) is 36.4 Å². The molecule has 5 fully saturated rings. The molecule has 1 spiro atoms. The molecule has 0 radical (unpaired) electrons.